The smallest absolute Gasteiger partial charge is 0.00147 e. The molecule has 1 saturated carbocycles. The highest BCUT2D eigenvalue weighted by atomic mass is 14.9. The molecule has 0 radical (unpaired) electrons. The zero-order valence-corrected chi connectivity index (χ0v) is 13.5. The third kappa shape index (κ3) is 4.09. The maximum absolute atomic E-state index is 3.65. The molecule has 0 aliphatic heterocycles. The molecule has 0 aromatic heterocycles. The van der Waals surface area contributed by atoms with Crippen molar-refractivity contribution in [3.05, 3.63) is 35.4 Å². The van der Waals surface area contributed by atoms with Crippen molar-refractivity contribution in [2.75, 3.05) is 13.1 Å². The van der Waals surface area contributed by atoms with E-state index >= 15 is 0 Å². The lowest BCUT2D eigenvalue weighted by Crippen LogP contribution is -2.32. The molecule has 1 aromatic rings. The van der Waals surface area contributed by atoms with Crippen LogP contribution in [-0.2, 0) is 0 Å². The summed E-state index contributed by atoms with van der Waals surface area (Å²) in [5.41, 5.74) is 2.94. The topological polar surface area (TPSA) is 12.0 Å². The minimum absolute atomic E-state index is 0.763. The highest BCUT2D eigenvalue weighted by Crippen LogP contribution is 2.41. The summed E-state index contributed by atoms with van der Waals surface area (Å²) >= 11 is 0. The van der Waals surface area contributed by atoms with Gasteiger partial charge < -0.3 is 5.32 Å². The summed E-state index contributed by atoms with van der Waals surface area (Å²) in [5, 5.41) is 3.65. The number of hydrogen-bond acceptors (Lipinski definition) is 1. The van der Waals surface area contributed by atoms with Gasteiger partial charge in [-0.3, -0.25) is 0 Å². The Morgan fingerprint density at radius 3 is 2.50 bits per heavy atom. The molecule has 112 valence electrons. The zero-order valence-electron chi connectivity index (χ0n) is 13.5. The molecule has 2 rings (SSSR count). The average Bonchev–Trinajstić information content (AvgIpc) is 2.48. The fourth-order valence-electron chi connectivity index (χ4n) is 3.62. The molecule has 1 aliphatic rings. The van der Waals surface area contributed by atoms with E-state index in [0.717, 1.165) is 24.3 Å². The van der Waals surface area contributed by atoms with Gasteiger partial charge in [-0.25, -0.2) is 0 Å². The minimum Gasteiger partial charge on any atom is -0.316 e. The molecule has 0 spiro atoms. The third-order valence-electron chi connectivity index (χ3n) is 5.02. The van der Waals surface area contributed by atoms with E-state index in [-0.39, 0.29) is 0 Å². The molecule has 0 saturated heterocycles. The second kappa shape index (κ2) is 7.83. The normalized spacial score (nSPS) is 26.6. The number of rotatable bonds is 6. The Labute approximate surface area is 125 Å². The van der Waals surface area contributed by atoms with Crippen molar-refractivity contribution in [2.45, 2.75) is 58.8 Å². The van der Waals surface area contributed by atoms with Crippen LogP contribution >= 0.6 is 0 Å². The van der Waals surface area contributed by atoms with Gasteiger partial charge in [-0.15, -0.1) is 0 Å². The highest BCUT2D eigenvalue weighted by molar-refractivity contribution is 5.25. The summed E-state index contributed by atoms with van der Waals surface area (Å²) in [6.45, 7) is 9.14. The summed E-state index contributed by atoms with van der Waals surface area (Å²) in [6.07, 6.45) is 6.79. The zero-order chi connectivity index (χ0) is 14.4. The largest absolute Gasteiger partial charge is 0.316 e. The lowest BCUT2D eigenvalue weighted by molar-refractivity contribution is 0.226. The van der Waals surface area contributed by atoms with Crippen molar-refractivity contribution in [1.82, 2.24) is 5.32 Å². The fraction of sp³-hybridized carbons (Fsp3) is 0.684. The van der Waals surface area contributed by atoms with Crippen molar-refractivity contribution in [1.29, 1.82) is 0 Å². The van der Waals surface area contributed by atoms with Crippen molar-refractivity contribution < 1.29 is 0 Å². The van der Waals surface area contributed by atoms with Crippen LogP contribution in [0.25, 0.3) is 0 Å². The van der Waals surface area contributed by atoms with Gasteiger partial charge >= 0.3 is 0 Å². The molecular formula is C19H31N. The van der Waals surface area contributed by atoms with Gasteiger partial charge in [0.15, 0.2) is 0 Å². The first-order valence-electron chi connectivity index (χ1n) is 8.51. The van der Waals surface area contributed by atoms with Gasteiger partial charge in [-0.05, 0) is 62.6 Å². The van der Waals surface area contributed by atoms with E-state index in [2.05, 4.69) is 50.4 Å². The van der Waals surface area contributed by atoms with E-state index in [1.165, 1.54) is 44.2 Å². The first-order chi connectivity index (χ1) is 9.74. The molecule has 1 fully saturated rings. The Hall–Kier alpha value is -0.820. The van der Waals surface area contributed by atoms with Gasteiger partial charge in [0.1, 0.15) is 0 Å². The minimum atomic E-state index is 0.763. The van der Waals surface area contributed by atoms with Crippen LogP contribution in [0.3, 0.4) is 0 Å². The highest BCUT2D eigenvalue weighted by Gasteiger charge is 2.30. The molecule has 1 aliphatic carbocycles. The van der Waals surface area contributed by atoms with Crippen LogP contribution in [0.15, 0.2) is 24.3 Å². The van der Waals surface area contributed by atoms with Crippen LogP contribution in [0.2, 0.25) is 0 Å². The second-order valence-corrected chi connectivity index (χ2v) is 6.57. The quantitative estimate of drug-likeness (QED) is 0.727. The predicted molar refractivity (Wildman–Crippen MR) is 88.2 cm³/mol. The summed E-state index contributed by atoms with van der Waals surface area (Å²) in [7, 11) is 0. The summed E-state index contributed by atoms with van der Waals surface area (Å²) in [5.74, 6) is 2.52. The van der Waals surface area contributed by atoms with Crippen molar-refractivity contribution in [3.63, 3.8) is 0 Å². The molecule has 0 bridgehead atoms. The molecule has 0 heterocycles. The molecule has 1 nitrogen and oxygen atoms in total. The van der Waals surface area contributed by atoms with Crippen LogP contribution in [0.1, 0.15) is 63.0 Å². The van der Waals surface area contributed by atoms with E-state index in [1.54, 1.807) is 5.56 Å². The van der Waals surface area contributed by atoms with E-state index in [4.69, 9.17) is 0 Å². The van der Waals surface area contributed by atoms with Gasteiger partial charge in [0.25, 0.3) is 0 Å². The molecule has 1 N–H and O–H groups in total. The Morgan fingerprint density at radius 1 is 1.10 bits per heavy atom. The number of nitrogens with one attached hydrogen (secondary N) is 1. The van der Waals surface area contributed by atoms with Gasteiger partial charge in [0.2, 0.25) is 0 Å². The first-order valence-corrected chi connectivity index (χ1v) is 8.51. The van der Waals surface area contributed by atoms with E-state index in [0.29, 0.717) is 0 Å². The standard InChI is InChI=1S/C19H31N/c1-4-12-20-14-18-11-8-16(5-2)13-19(18)17-9-6-15(3)7-10-17/h6-7,9-10,16,18-20H,4-5,8,11-14H2,1-3H3. The van der Waals surface area contributed by atoms with Crippen LogP contribution in [0.4, 0.5) is 0 Å². The molecule has 20 heavy (non-hydrogen) atoms. The maximum Gasteiger partial charge on any atom is -0.00147 e. The molecule has 1 aromatic carbocycles. The maximum atomic E-state index is 3.65. The summed E-state index contributed by atoms with van der Waals surface area (Å²) < 4.78 is 0. The summed E-state index contributed by atoms with van der Waals surface area (Å²) in [6, 6.07) is 9.29. The first kappa shape index (κ1) is 15.6. The lowest BCUT2D eigenvalue weighted by Gasteiger charge is -2.36. The van der Waals surface area contributed by atoms with Crippen molar-refractivity contribution in [2.24, 2.45) is 11.8 Å². The average molecular weight is 273 g/mol. The number of hydrogen-bond donors (Lipinski definition) is 1. The van der Waals surface area contributed by atoms with Crippen LogP contribution in [0.5, 0.6) is 0 Å². The van der Waals surface area contributed by atoms with Crippen molar-refractivity contribution >= 4 is 0 Å². The second-order valence-electron chi connectivity index (χ2n) is 6.57. The molecular weight excluding hydrogens is 242 g/mol. The summed E-state index contributed by atoms with van der Waals surface area (Å²) in [4.78, 5) is 0. The Bertz CT molecular complexity index is 379. The SMILES string of the molecule is CCCNCC1CCC(CC)CC1c1ccc(C)cc1. The van der Waals surface area contributed by atoms with Crippen molar-refractivity contribution in [3.8, 4) is 0 Å². The van der Waals surface area contributed by atoms with Gasteiger partial charge in [-0.2, -0.15) is 0 Å². The number of aryl methyl sites for hydroxylation is 1. The molecule has 1 heteroatoms. The fourth-order valence-corrected chi connectivity index (χ4v) is 3.62. The van der Waals surface area contributed by atoms with Crippen LogP contribution in [-0.4, -0.2) is 13.1 Å². The number of benzene rings is 1. The monoisotopic (exact) mass is 273 g/mol. The van der Waals surface area contributed by atoms with E-state index < -0.39 is 0 Å². The Kier molecular flexibility index (Phi) is 6.09. The molecule has 3 unspecified atom stereocenters. The predicted octanol–water partition coefficient (Wildman–Crippen LogP) is 4.90. The Balaban J connectivity index is 2.06. The van der Waals surface area contributed by atoms with Gasteiger partial charge in [0, 0.05) is 0 Å². The third-order valence-corrected chi connectivity index (χ3v) is 5.02. The lowest BCUT2D eigenvalue weighted by atomic mass is 9.70. The van der Waals surface area contributed by atoms with Crippen LogP contribution in [0, 0.1) is 18.8 Å². The van der Waals surface area contributed by atoms with E-state index in [9.17, 15) is 0 Å². The molecule has 0 amide bonds. The molecule has 3 atom stereocenters. The van der Waals surface area contributed by atoms with Crippen LogP contribution < -0.4 is 5.32 Å². The van der Waals surface area contributed by atoms with Gasteiger partial charge in [-0.1, -0.05) is 56.5 Å². The van der Waals surface area contributed by atoms with E-state index in [1.807, 2.05) is 0 Å². The Morgan fingerprint density at radius 2 is 1.85 bits per heavy atom. The van der Waals surface area contributed by atoms with Gasteiger partial charge in [0.05, 0.1) is 0 Å².